The number of nitrogens with two attached hydrogens (primary N) is 1. The highest BCUT2D eigenvalue weighted by molar-refractivity contribution is 7.07. The molecule has 1 aliphatic heterocycles. The number of carbonyl (C=O) groups excluding carboxylic acids is 1. The number of pyridine rings is 1. The highest BCUT2D eigenvalue weighted by Crippen LogP contribution is 2.18. The fraction of sp³-hybridized carbons (Fsp3) is 0.429. The van der Waals surface area contributed by atoms with Crippen LogP contribution in [-0.4, -0.2) is 44.5 Å². The highest BCUT2D eigenvalue weighted by Gasteiger charge is 2.22. The summed E-state index contributed by atoms with van der Waals surface area (Å²) in [4.78, 5) is 18.9. The van der Waals surface area contributed by atoms with Crippen molar-refractivity contribution >= 4 is 28.9 Å². The van der Waals surface area contributed by atoms with Gasteiger partial charge in [0.2, 0.25) is 0 Å². The fourth-order valence-corrected chi connectivity index (χ4v) is 3.07. The van der Waals surface area contributed by atoms with Crippen LogP contribution in [-0.2, 0) is 0 Å². The quantitative estimate of drug-likeness (QED) is 0.892. The van der Waals surface area contributed by atoms with Crippen molar-refractivity contribution in [1.29, 1.82) is 0 Å². The number of nitrogen functional groups attached to an aromatic ring is 1. The van der Waals surface area contributed by atoms with Crippen LogP contribution in [0.4, 0.5) is 11.5 Å². The topological polar surface area (TPSA) is 97.0 Å². The van der Waals surface area contributed by atoms with Crippen LogP contribution in [0.1, 0.15) is 28.9 Å². The van der Waals surface area contributed by atoms with Gasteiger partial charge in [-0.2, -0.15) is 0 Å². The number of nitrogens with zero attached hydrogens (tertiary/aromatic N) is 4. The molecule has 3 heterocycles. The molecule has 0 saturated carbocycles. The van der Waals surface area contributed by atoms with Crippen molar-refractivity contribution in [2.75, 3.05) is 24.1 Å². The Morgan fingerprint density at radius 3 is 2.95 bits per heavy atom. The molecule has 7 nitrogen and oxygen atoms in total. The van der Waals surface area contributed by atoms with Crippen molar-refractivity contribution in [3.63, 3.8) is 0 Å². The van der Waals surface area contributed by atoms with Gasteiger partial charge in [0.1, 0.15) is 10.7 Å². The van der Waals surface area contributed by atoms with E-state index in [0.717, 1.165) is 49.6 Å². The Labute approximate surface area is 132 Å². The summed E-state index contributed by atoms with van der Waals surface area (Å²) in [5, 5.41) is 7.20. The average Bonchev–Trinajstić information content (AvgIpc) is 2.96. The summed E-state index contributed by atoms with van der Waals surface area (Å²) in [5.41, 5.74) is 6.55. The lowest BCUT2D eigenvalue weighted by Gasteiger charge is -2.20. The van der Waals surface area contributed by atoms with Gasteiger partial charge in [0, 0.05) is 19.1 Å². The summed E-state index contributed by atoms with van der Waals surface area (Å²) >= 11 is 1.15. The van der Waals surface area contributed by atoms with E-state index in [0.29, 0.717) is 16.7 Å². The van der Waals surface area contributed by atoms with Gasteiger partial charge in [-0.05, 0) is 42.9 Å². The molecular formula is C14H18N6OS. The maximum absolute atomic E-state index is 12.3. The molecule has 1 unspecified atom stereocenters. The summed E-state index contributed by atoms with van der Waals surface area (Å²) in [5.74, 6) is 0.547. The molecule has 1 saturated heterocycles. The van der Waals surface area contributed by atoms with E-state index in [9.17, 15) is 4.79 Å². The average molecular weight is 318 g/mol. The first-order chi connectivity index (χ1) is 10.7. The van der Waals surface area contributed by atoms with Gasteiger partial charge in [-0.25, -0.2) is 4.98 Å². The second-order valence-electron chi connectivity index (χ2n) is 5.32. The monoisotopic (exact) mass is 318 g/mol. The molecule has 3 rings (SSSR count). The lowest BCUT2D eigenvalue weighted by atomic mass is 10.1. The van der Waals surface area contributed by atoms with E-state index in [4.69, 9.17) is 5.73 Å². The second-order valence-corrected chi connectivity index (χ2v) is 6.10. The molecule has 2 aromatic heterocycles. The van der Waals surface area contributed by atoms with Crippen molar-refractivity contribution < 1.29 is 4.79 Å². The van der Waals surface area contributed by atoms with Gasteiger partial charge in [0.05, 0.1) is 18.1 Å². The van der Waals surface area contributed by atoms with E-state index in [1.165, 1.54) is 6.20 Å². The third-order valence-corrected chi connectivity index (χ3v) is 4.40. The van der Waals surface area contributed by atoms with Crippen molar-refractivity contribution in [3.05, 3.63) is 29.4 Å². The normalized spacial score (nSPS) is 18.7. The number of amides is 1. The van der Waals surface area contributed by atoms with Crippen LogP contribution in [0.5, 0.6) is 0 Å². The van der Waals surface area contributed by atoms with Gasteiger partial charge in [-0.3, -0.25) is 4.79 Å². The van der Waals surface area contributed by atoms with Crippen LogP contribution in [0.15, 0.2) is 24.5 Å². The van der Waals surface area contributed by atoms with Gasteiger partial charge in [0.25, 0.3) is 5.91 Å². The maximum Gasteiger partial charge on any atom is 0.267 e. The number of rotatable bonds is 3. The summed E-state index contributed by atoms with van der Waals surface area (Å²) < 4.78 is 3.75. The van der Waals surface area contributed by atoms with E-state index in [-0.39, 0.29) is 5.91 Å². The van der Waals surface area contributed by atoms with E-state index >= 15 is 0 Å². The number of anilines is 2. The summed E-state index contributed by atoms with van der Waals surface area (Å²) in [6, 6.07) is 4.05. The van der Waals surface area contributed by atoms with Crippen LogP contribution in [0.25, 0.3) is 0 Å². The zero-order chi connectivity index (χ0) is 15.4. The Balaban J connectivity index is 1.58. The highest BCUT2D eigenvalue weighted by atomic mass is 32.1. The van der Waals surface area contributed by atoms with E-state index in [1.54, 1.807) is 12.3 Å². The number of hydrogen-bond acceptors (Lipinski definition) is 7. The molecule has 1 fully saturated rings. The van der Waals surface area contributed by atoms with Crippen LogP contribution in [0.2, 0.25) is 0 Å². The Bertz CT molecular complexity index is 615. The number of aromatic nitrogens is 3. The van der Waals surface area contributed by atoms with Gasteiger partial charge < -0.3 is 16.0 Å². The molecule has 0 bridgehead atoms. The SMILES string of the molecule is Nc1ccc(NC2CCCN(C(=O)c3cnns3)CC2)cn1. The molecule has 8 heteroatoms. The minimum atomic E-state index is 0.0322. The van der Waals surface area contributed by atoms with Gasteiger partial charge >= 0.3 is 0 Å². The number of carbonyl (C=O) groups is 1. The van der Waals surface area contributed by atoms with Crippen LogP contribution >= 0.6 is 11.5 Å². The Morgan fingerprint density at radius 2 is 2.23 bits per heavy atom. The zero-order valence-electron chi connectivity index (χ0n) is 12.1. The summed E-state index contributed by atoms with van der Waals surface area (Å²) in [6.45, 7) is 1.51. The Hall–Kier alpha value is -2.22. The van der Waals surface area contributed by atoms with Crippen LogP contribution < -0.4 is 11.1 Å². The van der Waals surface area contributed by atoms with E-state index in [2.05, 4.69) is 19.9 Å². The lowest BCUT2D eigenvalue weighted by Crippen LogP contribution is -2.32. The van der Waals surface area contributed by atoms with Gasteiger partial charge in [-0.1, -0.05) is 4.49 Å². The molecule has 116 valence electrons. The Kier molecular flexibility index (Phi) is 4.47. The predicted molar refractivity (Wildman–Crippen MR) is 85.7 cm³/mol. The number of likely N-dealkylation sites (tertiary alicyclic amines) is 1. The molecule has 2 aromatic rings. The van der Waals surface area contributed by atoms with Crippen LogP contribution in [0, 0.1) is 0 Å². The Morgan fingerprint density at radius 1 is 1.32 bits per heavy atom. The molecule has 0 aliphatic carbocycles. The van der Waals surface area contributed by atoms with E-state index < -0.39 is 0 Å². The van der Waals surface area contributed by atoms with Crippen molar-refractivity contribution in [1.82, 2.24) is 19.5 Å². The minimum Gasteiger partial charge on any atom is -0.384 e. The van der Waals surface area contributed by atoms with Crippen molar-refractivity contribution in [2.45, 2.75) is 25.3 Å². The van der Waals surface area contributed by atoms with E-state index in [1.807, 2.05) is 11.0 Å². The molecule has 0 aromatic carbocycles. The zero-order valence-corrected chi connectivity index (χ0v) is 12.9. The molecule has 1 atom stereocenters. The molecule has 22 heavy (non-hydrogen) atoms. The summed E-state index contributed by atoms with van der Waals surface area (Å²) in [6.07, 6.45) is 6.18. The molecular weight excluding hydrogens is 300 g/mol. The van der Waals surface area contributed by atoms with Crippen molar-refractivity contribution in [2.24, 2.45) is 0 Å². The maximum atomic E-state index is 12.3. The first-order valence-corrected chi connectivity index (χ1v) is 8.04. The van der Waals surface area contributed by atoms with Crippen molar-refractivity contribution in [3.8, 4) is 0 Å². The third kappa shape index (κ3) is 3.51. The van der Waals surface area contributed by atoms with Gasteiger partial charge in [-0.15, -0.1) is 5.10 Å². The molecule has 3 N–H and O–H groups in total. The number of nitrogens with one attached hydrogen (secondary N) is 1. The first-order valence-electron chi connectivity index (χ1n) is 7.27. The summed E-state index contributed by atoms with van der Waals surface area (Å²) in [7, 11) is 0. The first kappa shape index (κ1) is 14.7. The minimum absolute atomic E-state index is 0.0322. The second kappa shape index (κ2) is 6.69. The van der Waals surface area contributed by atoms with Crippen LogP contribution in [0.3, 0.4) is 0 Å². The standard InChI is InChI=1S/C14H18N6OS/c15-13-4-3-11(8-16-13)18-10-2-1-6-20(7-5-10)14(21)12-9-17-19-22-12/h3-4,8-10,18H,1-2,5-7H2,(H2,15,16). The smallest absolute Gasteiger partial charge is 0.267 e. The molecule has 1 aliphatic rings. The molecule has 0 spiro atoms. The molecule has 0 radical (unpaired) electrons. The largest absolute Gasteiger partial charge is 0.384 e. The molecule has 1 amide bonds. The fourth-order valence-electron chi connectivity index (χ4n) is 2.59. The predicted octanol–water partition coefficient (Wildman–Crippen LogP) is 1.62. The third-order valence-electron chi connectivity index (χ3n) is 3.74. The number of hydrogen-bond donors (Lipinski definition) is 2. The van der Waals surface area contributed by atoms with Gasteiger partial charge in [0.15, 0.2) is 0 Å². The lowest BCUT2D eigenvalue weighted by molar-refractivity contribution is 0.0766.